The first-order valence-corrected chi connectivity index (χ1v) is 11.3. The van der Waals surface area contributed by atoms with E-state index in [0.29, 0.717) is 12.3 Å². The molecule has 2 aromatic rings. The van der Waals surface area contributed by atoms with Gasteiger partial charge in [-0.15, -0.1) is 0 Å². The number of piperazine rings is 1. The van der Waals surface area contributed by atoms with Crippen molar-refractivity contribution in [1.29, 1.82) is 0 Å². The summed E-state index contributed by atoms with van der Waals surface area (Å²) in [4.78, 5) is 4.80. The molecule has 0 unspecified atom stereocenters. The Kier molecular flexibility index (Phi) is 6.71. The molecule has 162 valence electrons. The number of aromatic hydroxyl groups is 1. The first kappa shape index (κ1) is 21.3. The Balaban J connectivity index is 1.53. The topological polar surface area (TPSA) is 38.7 Å². The zero-order valence-corrected chi connectivity index (χ0v) is 18.0. The Morgan fingerprint density at radius 3 is 2.43 bits per heavy atom. The van der Waals surface area contributed by atoms with Gasteiger partial charge in [0.1, 0.15) is 11.6 Å². The van der Waals surface area contributed by atoms with Crippen molar-refractivity contribution in [3.63, 3.8) is 0 Å². The fraction of sp³-hybridized carbons (Fsp3) is 0.520. The first-order chi connectivity index (χ1) is 14.6. The highest BCUT2D eigenvalue weighted by atomic mass is 19.1. The average Bonchev–Trinajstić information content (AvgIpc) is 2.76. The minimum Gasteiger partial charge on any atom is -0.508 e. The Bertz CT molecular complexity index is 842. The van der Waals surface area contributed by atoms with Gasteiger partial charge in [-0.25, -0.2) is 4.39 Å². The molecular weight excluding hydrogens is 377 g/mol. The van der Waals surface area contributed by atoms with E-state index in [0.717, 1.165) is 69.5 Å². The minimum absolute atomic E-state index is 0.115. The number of nitrogens with one attached hydrogen (secondary N) is 1. The van der Waals surface area contributed by atoms with Crippen molar-refractivity contribution in [2.75, 3.05) is 33.2 Å². The molecule has 0 spiro atoms. The third-order valence-corrected chi connectivity index (χ3v) is 6.89. The van der Waals surface area contributed by atoms with Gasteiger partial charge in [0.2, 0.25) is 0 Å². The van der Waals surface area contributed by atoms with E-state index in [2.05, 4.69) is 22.2 Å². The largest absolute Gasteiger partial charge is 0.508 e. The number of phenolic OH excluding ortho intramolecular Hbond substituents is 1. The highest BCUT2D eigenvalue weighted by Gasteiger charge is 2.35. The molecule has 1 saturated heterocycles. The van der Waals surface area contributed by atoms with Gasteiger partial charge in [-0.3, -0.25) is 4.90 Å². The van der Waals surface area contributed by atoms with E-state index in [4.69, 9.17) is 0 Å². The fourth-order valence-electron chi connectivity index (χ4n) is 4.99. The standard InChI is InChI=1S/C25H34FN3O/c1-28-13-15-29(16-14-28)19-21-17-22(30)10-9-20(21)18-27-25(11-5-2-6-12-25)23-7-3-4-8-24(23)26/h3-4,7-10,17,27,30H,2,5-6,11-16,18-19H2,1H3. The monoisotopic (exact) mass is 411 g/mol. The summed E-state index contributed by atoms with van der Waals surface area (Å²) in [6.07, 6.45) is 5.36. The van der Waals surface area contributed by atoms with Crippen molar-refractivity contribution in [2.45, 2.75) is 50.7 Å². The molecule has 4 rings (SSSR count). The molecule has 0 aromatic heterocycles. The molecular formula is C25H34FN3O. The van der Waals surface area contributed by atoms with Gasteiger partial charge in [0.25, 0.3) is 0 Å². The second-order valence-electron chi connectivity index (χ2n) is 9.01. The quantitative estimate of drug-likeness (QED) is 0.746. The summed E-state index contributed by atoms with van der Waals surface area (Å²) in [5.41, 5.74) is 2.83. The summed E-state index contributed by atoms with van der Waals surface area (Å²) in [5, 5.41) is 13.9. The predicted octanol–water partition coefficient (Wildman–Crippen LogP) is 4.23. The van der Waals surface area contributed by atoms with E-state index in [9.17, 15) is 9.50 Å². The normalized spacial score (nSPS) is 20.3. The summed E-state index contributed by atoms with van der Waals surface area (Å²) >= 11 is 0. The molecule has 2 aromatic carbocycles. The van der Waals surface area contributed by atoms with E-state index in [1.165, 1.54) is 12.0 Å². The van der Waals surface area contributed by atoms with Crippen molar-refractivity contribution in [2.24, 2.45) is 0 Å². The van der Waals surface area contributed by atoms with Crippen LogP contribution in [0.2, 0.25) is 0 Å². The van der Waals surface area contributed by atoms with Crippen LogP contribution in [0.4, 0.5) is 4.39 Å². The van der Waals surface area contributed by atoms with Crippen LogP contribution in [0.15, 0.2) is 42.5 Å². The number of nitrogens with zero attached hydrogens (tertiary/aromatic N) is 2. The molecule has 2 aliphatic rings. The lowest BCUT2D eigenvalue weighted by Gasteiger charge is -2.39. The van der Waals surface area contributed by atoms with Gasteiger partial charge in [-0.05, 0) is 49.2 Å². The van der Waals surface area contributed by atoms with Gasteiger partial charge in [-0.2, -0.15) is 0 Å². The molecule has 5 heteroatoms. The summed E-state index contributed by atoms with van der Waals surface area (Å²) < 4.78 is 14.7. The lowest BCUT2D eigenvalue weighted by molar-refractivity contribution is 0.147. The number of likely N-dealkylation sites (N-methyl/N-ethyl adjacent to an activating group) is 1. The van der Waals surface area contributed by atoms with Crippen molar-refractivity contribution in [1.82, 2.24) is 15.1 Å². The van der Waals surface area contributed by atoms with E-state index < -0.39 is 0 Å². The molecule has 4 nitrogen and oxygen atoms in total. The maximum absolute atomic E-state index is 14.7. The average molecular weight is 412 g/mol. The molecule has 1 aliphatic carbocycles. The van der Waals surface area contributed by atoms with Gasteiger partial charge in [0.05, 0.1) is 0 Å². The van der Waals surface area contributed by atoms with E-state index >= 15 is 0 Å². The molecule has 0 bridgehead atoms. The van der Waals surface area contributed by atoms with Crippen molar-refractivity contribution < 1.29 is 9.50 Å². The van der Waals surface area contributed by atoms with Gasteiger partial charge in [0.15, 0.2) is 0 Å². The molecule has 0 amide bonds. The van der Waals surface area contributed by atoms with Crippen LogP contribution in [0.1, 0.15) is 48.8 Å². The van der Waals surface area contributed by atoms with Crippen LogP contribution < -0.4 is 5.32 Å². The zero-order valence-electron chi connectivity index (χ0n) is 18.0. The van der Waals surface area contributed by atoms with Crippen LogP contribution in [0.25, 0.3) is 0 Å². The van der Waals surface area contributed by atoms with Crippen LogP contribution >= 0.6 is 0 Å². The maximum atomic E-state index is 14.7. The van der Waals surface area contributed by atoms with Crippen molar-refractivity contribution >= 4 is 0 Å². The smallest absolute Gasteiger partial charge is 0.128 e. The number of benzene rings is 2. The number of hydrogen-bond donors (Lipinski definition) is 2. The molecule has 1 aliphatic heterocycles. The Labute approximate surface area is 179 Å². The summed E-state index contributed by atoms with van der Waals surface area (Å²) in [6, 6.07) is 12.9. The summed E-state index contributed by atoms with van der Waals surface area (Å²) in [7, 11) is 2.16. The summed E-state index contributed by atoms with van der Waals surface area (Å²) in [6.45, 7) is 5.74. The van der Waals surface area contributed by atoms with Gasteiger partial charge >= 0.3 is 0 Å². The number of rotatable bonds is 6. The third kappa shape index (κ3) is 4.85. The molecule has 0 radical (unpaired) electrons. The lowest BCUT2D eigenvalue weighted by atomic mass is 9.76. The Morgan fingerprint density at radius 2 is 1.70 bits per heavy atom. The Morgan fingerprint density at radius 1 is 0.967 bits per heavy atom. The molecule has 2 N–H and O–H groups in total. The molecule has 1 heterocycles. The van der Waals surface area contributed by atoms with Crippen LogP contribution in [-0.2, 0) is 18.6 Å². The van der Waals surface area contributed by atoms with Gasteiger partial charge < -0.3 is 15.3 Å². The lowest BCUT2D eigenvalue weighted by Crippen LogP contribution is -2.45. The van der Waals surface area contributed by atoms with Gasteiger partial charge in [0, 0.05) is 50.4 Å². The predicted molar refractivity (Wildman–Crippen MR) is 119 cm³/mol. The second-order valence-corrected chi connectivity index (χ2v) is 9.01. The van der Waals surface area contributed by atoms with E-state index in [1.54, 1.807) is 18.2 Å². The molecule has 1 saturated carbocycles. The molecule has 2 fully saturated rings. The molecule has 30 heavy (non-hydrogen) atoms. The number of phenols is 1. The van der Waals surface area contributed by atoms with Crippen molar-refractivity contribution in [3.8, 4) is 5.75 Å². The van der Waals surface area contributed by atoms with Crippen LogP contribution in [0, 0.1) is 5.82 Å². The number of halogens is 1. The van der Waals surface area contributed by atoms with Crippen molar-refractivity contribution in [3.05, 3.63) is 65.0 Å². The maximum Gasteiger partial charge on any atom is 0.128 e. The highest BCUT2D eigenvalue weighted by molar-refractivity contribution is 5.36. The fourth-order valence-corrected chi connectivity index (χ4v) is 4.99. The minimum atomic E-state index is -0.313. The van der Waals surface area contributed by atoms with Crippen LogP contribution in [0.3, 0.4) is 0 Å². The van der Waals surface area contributed by atoms with Gasteiger partial charge in [-0.1, -0.05) is 43.5 Å². The SMILES string of the molecule is CN1CCN(Cc2cc(O)ccc2CNC2(c3ccccc3F)CCCCC2)CC1. The van der Waals surface area contributed by atoms with E-state index in [1.807, 2.05) is 24.3 Å². The van der Waals surface area contributed by atoms with E-state index in [-0.39, 0.29) is 11.4 Å². The zero-order chi connectivity index (χ0) is 21.0. The first-order valence-electron chi connectivity index (χ1n) is 11.3. The second kappa shape index (κ2) is 9.46. The van der Waals surface area contributed by atoms with Crippen LogP contribution in [-0.4, -0.2) is 48.1 Å². The highest BCUT2D eigenvalue weighted by Crippen LogP contribution is 2.38. The Hall–Kier alpha value is -1.95. The van der Waals surface area contributed by atoms with Crippen LogP contribution in [0.5, 0.6) is 5.75 Å². The number of hydrogen-bond acceptors (Lipinski definition) is 4. The third-order valence-electron chi connectivity index (χ3n) is 6.89. The molecule has 0 atom stereocenters. The summed E-state index contributed by atoms with van der Waals surface area (Å²) in [5.74, 6) is 0.194.